The molecule has 6 nitrogen and oxygen atoms in total. The second-order valence-electron chi connectivity index (χ2n) is 9.78. The van der Waals surface area contributed by atoms with Gasteiger partial charge in [0, 0.05) is 56.2 Å². The standard InChI is InChI=1S/C27H39FN4O2/c1-19(18-33-2)31-22-6-8-23(9-7-22)32-27-15-25(26(28)17-30-27)21-4-3-5-24(14-21)29-16-20-10-12-34-13-11-20/h3-5,14-15,17,19-20,22-23,29,31H,6-13,16,18H2,1-2H3,(H,30,32)/t19-,22?,23?/m1/s1. The minimum absolute atomic E-state index is 0.299. The van der Waals surface area contributed by atoms with E-state index in [-0.39, 0.29) is 5.82 Å². The number of rotatable bonds is 10. The van der Waals surface area contributed by atoms with E-state index in [0.29, 0.717) is 29.6 Å². The molecular weight excluding hydrogens is 431 g/mol. The van der Waals surface area contributed by atoms with Crippen LogP contribution in [0.4, 0.5) is 15.9 Å². The molecule has 1 aromatic carbocycles. The topological polar surface area (TPSA) is 67.4 Å². The Morgan fingerprint density at radius 1 is 1.09 bits per heavy atom. The highest BCUT2D eigenvalue weighted by Gasteiger charge is 2.23. The molecule has 4 rings (SSSR count). The van der Waals surface area contributed by atoms with Gasteiger partial charge in [0.05, 0.1) is 12.8 Å². The Kier molecular flexibility index (Phi) is 9.13. The van der Waals surface area contributed by atoms with Crippen LogP contribution in [0, 0.1) is 11.7 Å². The van der Waals surface area contributed by atoms with Crippen molar-refractivity contribution >= 4 is 11.5 Å². The van der Waals surface area contributed by atoms with Crippen LogP contribution in [0.25, 0.3) is 11.1 Å². The first-order valence-corrected chi connectivity index (χ1v) is 12.7. The molecule has 1 saturated heterocycles. The molecule has 1 saturated carbocycles. The van der Waals surface area contributed by atoms with E-state index in [2.05, 4.69) is 27.9 Å². The number of ether oxygens (including phenoxy) is 2. The first-order chi connectivity index (χ1) is 16.6. The van der Waals surface area contributed by atoms with Crippen molar-refractivity contribution in [1.82, 2.24) is 10.3 Å². The minimum atomic E-state index is -0.299. The van der Waals surface area contributed by atoms with E-state index in [4.69, 9.17) is 9.47 Å². The summed E-state index contributed by atoms with van der Waals surface area (Å²) < 4.78 is 25.4. The lowest BCUT2D eigenvalue weighted by Crippen LogP contribution is -2.42. The van der Waals surface area contributed by atoms with Crippen LogP contribution in [0.15, 0.2) is 36.5 Å². The SMILES string of the molecule is COC[C@@H](C)NC1CCC(Nc2cc(-c3cccc(NCC4CCOCC4)c3)c(F)cn2)CC1. The van der Waals surface area contributed by atoms with Crippen LogP contribution in [0.3, 0.4) is 0 Å². The van der Waals surface area contributed by atoms with Crippen molar-refractivity contribution in [2.75, 3.05) is 44.1 Å². The van der Waals surface area contributed by atoms with Gasteiger partial charge in [-0.25, -0.2) is 9.37 Å². The summed E-state index contributed by atoms with van der Waals surface area (Å²) in [5.74, 6) is 1.06. The lowest BCUT2D eigenvalue weighted by molar-refractivity contribution is 0.0699. The van der Waals surface area contributed by atoms with Gasteiger partial charge in [0.25, 0.3) is 0 Å². The summed E-state index contributed by atoms with van der Waals surface area (Å²) in [6.45, 7) is 5.49. The lowest BCUT2D eigenvalue weighted by Gasteiger charge is -2.31. The molecule has 1 atom stereocenters. The Morgan fingerprint density at radius 2 is 1.85 bits per heavy atom. The van der Waals surface area contributed by atoms with Crippen LogP contribution in [0.5, 0.6) is 0 Å². The molecule has 2 heterocycles. The summed E-state index contributed by atoms with van der Waals surface area (Å²) in [6.07, 6.45) is 7.87. The van der Waals surface area contributed by atoms with E-state index in [1.54, 1.807) is 7.11 Å². The molecule has 1 aliphatic heterocycles. The molecule has 0 radical (unpaired) electrons. The summed E-state index contributed by atoms with van der Waals surface area (Å²) >= 11 is 0. The van der Waals surface area contributed by atoms with Crippen molar-refractivity contribution in [2.24, 2.45) is 5.92 Å². The highest BCUT2D eigenvalue weighted by Crippen LogP contribution is 2.29. The minimum Gasteiger partial charge on any atom is -0.385 e. The molecule has 2 fully saturated rings. The lowest BCUT2D eigenvalue weighted by atomic mass is 9.90. The van der Waals surface area contributed by atoms with Crippen molar-refractivity contribution in [3.05, 3.63) is 42.3 Å². The van der Waals surface area contributed by atoms with Gasteiger partial charge in [0.15, 0.2) is 0 Å². The predicted octanol–water partition coefficient (Wildman–Crippen LogP) is 5.07. The smallest absolute Gasteiger partial charge is 0.149 e. The van der Waals surface area contributed by atoms with Crippen LogP contribution in [-0.4, -0.2) is 56.6 Å². The number of nitrogens with one attached hydrogen (secondary N) is 3. The average Bonchev–Trinajstić information content (AvgIpc) is 2.86. The van der Waals surface area contributed by atoms with Crippen LogP contribution >= 0.6 is 0 Å². The molecule has 0 spiro atoms. The maximum Gasteiger partial charge on any atom is 0.149 e. The van der Waals surface area contributed by atoms with Crippen molar-refractivity contribution in [3.8, 4) is 11.1 Å². The zero-order valence-electron chi connectivity index (χ0n) is 20.5. The number of hydrogen-bond acceptors (Lipinski definition) is 6. The number of pyridine rings is 1. The molecule has 1 aliphatic carbocycles. The van der Waals surface area contributed by atoms with Gasteiger partial charge in [-0.05, 0) is 75.1 Å². The van der Waals surface area contributed by atoms with E-state index < -0.39 is 0 Å². The van der Waals surface area contributed by atoms with Crippen LogP contribution in [0.1, 0.15) is 45.4 Å². The van der Waals surface area contributed by atoms with Gasteiger partial charge in [-0.15, -0.1) is 0 Å². The molecule has 7 heteroatoms. The molecule has 1 aromatic heterocycles. The Hall–Kier alpha value is -2.22. The number of halogens is 1. The molecule has 186 valence electrons. The van der Waals surface area contributed by atoms with Crippen LogP contribution in [-0.2, 0) is 9.47 Å². The van der Waals surface area contributed by atoms with Gasteiger partial charge in [-0.2, -0.15) is 0 Å². The number of nitrogens with zero attached hydrogens (tertiary/aromatic N) is 1. The third-order valence-corrected chi connectivity index (χ3v) is 6.98. The fourth-order valence-electron chi connectivity index (χ4n) is 5.06. The van der Waals surface area contributed by atoms with Crippen LogP contribution < -0.4 is 16.0 Å². The highest BCUT2D eigenvalue weighted by atomic mass is 19.1. The first-order valence-electron chi connectivity index (χ1n) is 12.7. The maximum atomic E-state index is 14.7. The largest absolute Gasteiger partial charge is 0.385 e. The quantitative estimate of drug-likeness (QED) is 0.450. The molecule has 2 aromatic rings. The molecule has 0 bridgehead atoms. The number of methoxy groups -OCH3 is 1. The Labute approximate surface area is 203 Å². The number of aromatic nitrogens is 1. The van der Waals surface area contributed by atoms with E-state index in [9.17, 15) is 4.39 Å². The van der Waals surface area contributed by atoms with Crippen LogP contribution in [0.2, 0.25) is 0 Å². The van der Waals surface area contributed by atoms with Gasteiger partial charge in [0.1, 0.15) is 11.6 Å². The second kappa shape index (κ2) is 12.5. The maximum absolute atomic E-state index is 14.7. The van der Waals surface area contributed by atoms with Gasteiger partial charge in [-0.1, -0.05) is 12.1 Å². The molecule has 0 unspecified atom stereocenters. The summed E-state index contributed by atoms with van der Waals surface area (Å²) in [6, 6.07) is 11.1. The fourth-order valence-corrected chi connectivity index (χ4v) is 5.06. The van der Waals surface area contributed by atoms with E-state index in [1.165, 1.54) is 6.20 Å². The van der Waals surface area contributed by atoms with E-state index in [1.807, 2.05) is 30.3 Å². The monoisotopic (exact) mass is 470 g/mol. The molecular formula is C27H39FN4O2. The van der Waals surface area contributed by atoms with Gasteiger partial charge in [0.2, 0.25) is 0 Å². The summed E-state index contributed by atoms with van der Waals surface area (Å²) in [5.41, 5.74) is 2.46. The second-order valence-corrected chi connectivity index (χ2v) is 9.78. The number of benzene rings is 1. The molecule has 2 aliphatic rings. The predicted molar refractivity (Wildman–Crippen MR) is 136 cm³/mol. The number of anilines is 2. The van der Waals surface area contributed by atoms with Crippen molar-refractivity contribution in [1.29, 1.82) is 0 Å². The normalized spacial score (nSPS) is 22.3. The first kappa shape index (κ1) is 24.9. The molecule has 0 amide bonds. The van der Waals surface area contributed by atoms with Gasteiger partial charge < -0.3 is 25.4 Å². The van der Waals surface area contributed by atoms with Gasteiger partial charge in [-0.3, -0.25) is 0 Å². The summed E-state index contributed by atoms with van der Waals surface area (Å²) in [4.78, 5) is 4.32. The van der Waals surface area contributed by atoms with E-state index >= 15 is 0 Å². The van der Waals surface area contributed by atoms with Crippen molar-refractivity contribution in [2.45, 2.75) is 63.6 Å². The van der Waals surface area contributed by atoms with E-state index in [0.717, 1.165) is 82.0 Å². The third-order valence-electron chi connectivity index (χ3n) is 6.98. The van der Waals surface area contributed by atoms with Crippen molar-refractivity contribution in [3.63, 3.8) is 0 Å². The fraction of sp³-hybridized carbons (Fsp3) is 0.593. The summed E-state index contributed by atoms with van der Waals surface area (Å²) in [7, 11) is 1.74. The Morgan fingerprint density at radius 3 is 2.62 bits per heavy atom. The van der Waals surface area contributed by atoms with Crippen molar-refractivity contribution < 1.29 is 13.9 Å². The zero-order chi connectivity index (χ0) is 23.8. The third kappa shape index (κ3) is 7.14. The molecule has 3 N–H and O–H groups in total. The molecule has 34 heavy (non-hydrogen) atoms. The summed E-state index contributed by atoms with van der Waals surface area (Å²) in [5, 5.41) is 10.7. The van der Waals surface area contributed by atoms with Gasteiger partial charge >= 0.3 is 0 Å². The highest BCUT2D eigenvalue weighted by molar-refractivity contribution is 5.70. The Balaban J connectivity index is 1.34. The zero-order valence-corrected chi connectivity index (χ0v) is 20.5. The Bertz CT molecular complexity index is 898. The average molecular weight is 471 g/mol. The number of hydrogen-bond donors (Lipinski definition) is 3.